The van der Waals surface area contributed by atoms with E-state index in [2.05, 4.69) is 25.9 Å². The third-order valence-corrected chi connectivity index (χ3v) is 4.33. The molecule has 20 heavy (non-hydrogen) atoms. The molecule has 3 aromatic rings. The minimum atomic E-state index is 0.203. The van der Waals surface area contributed by atoms with E-state index >= 15 is 0 Å². The fraction of sp³-hybridized carbons (Fsp3) is 0.0667. The van der Waals surface area contributed by atoms with E-state index < -0.39 is 0 Å². The van der Waals surface area contributed by atoms with Gasteiger partial charge in [-0.25, -0.2) is 9.98 Å². The summed E-state index contributed by atoms with van der Waals surface area (Å²) >= 11 is 4.91. The zero-order valence-corrected chi connectivity index (χ0v) is 13.1. The van der Waals surface area contributed by atoms with Crippen LogP contribution in [0.3, 0.4) is 0 Å². The maximum absolute atomic E-state index is 9.77. The van der Waals surface area contributed by atoms with Gasteiger partial charge < -0.3 is 5.11 Å². The summed E-state index contributed by atoms with van der Waals surface area (Å²) in [5.74, 6) is 0.203. The molecule has 5 heteroatoms. The van der Waals surface area contributed by atoms with Crippen LogP contribution < -0.4 is 0 Å². The summed E-state index contributed by atoms with van der Waals surface area (Å²) in [5.41, 5.74) is 2.80. The smallest absolute Gasteiger partial charge is 0.210 e. The molecule has 1 heterocycles. The van der Waals surface area contributed by atoms with Crippen LogP contribution in [0.5, 0.6) is 5.75 Å². The Morgan fingerprint density at radius 2 is 2.15 bits per heavy atom. The third kappa shape index (κ3) is 2.59. The Kier molecular flexibility index (Phi) is 3.54. The molecule has 100 valence electrons. The lowest BCUT2D eigenvalue weighted by Gasteiger charge is -1.98. The standard InChI is InChI=1S/C15H11BrN2OS/c1-9-3-2-4-13-14(9)18-15(20-13)17-8-10-7-11(16)5-6-12(10)19/h2-8,19H,1H3/b17-8-. The number of halogens is 1. The number of aliphatic imine (C=N–C) groups is 1. The number of rotatable bonds is 2. The normalized spacial score (nSPS) is 11.5. The molecule has 0 unspecified atom stereocenters. The predicted molar refractivity (Wildman–Crippen MR) is 87.4 cm³/mol. The Bertz CT molecular complexity index is 811. The van der Waals surface area contributed by atoms with E-state index in [-0.39, 0.29) is 5.75 Å². The van der Waals surface area contributed by atoms with Gasteiger partial charge in [-0.1, -0.05) is 39.4 Å². The van der Waals surface area contributed by atoms with Gasteiger partial charge >= 0.3 is 0 Å². The van der Waals surface area contributed by atoms with Gasteiger partial charge in [-0.3, -0.25) is 0 Å². The number of phenols is 1. The highest BCUT2D eigenvalue weighted by atomic mass is 79.9. The molecule has 0 amide bonds. The van der Waals surface area contributed by atoms with Crippen molar-refractivity contribution < 1.29 is 5.11 Å². The third-order valence-electron chi connectivity index (χ3n) is 2.91. The molecule has 0 saturated carbocycles. The summed E-state index contributed by atoms with van der Waals surface area (Å²) in [7, 11) is 0. The van der Waals surface area contributed by atoms with E-state index in [1.165, 1.54) is 11.3 Å². The Hall–Kier alpha value is -1.72. The first kappa shape index (κ1) is 13.3. The molecule has 0 aliphatic rings. The van der Waals surface area contributed by atoms with Crippen LogP contribution in [0, 0.1) is 6.92 Å². The first-order valence-corrected chi connectivity index (χ1v) is 7.63. The summed E-state index contributed by atoms with van der Waals surface area (Å²) in [6, 6.07) is 11.3. The first-order chi connectivity index (χ1) is 9.63. The van der Waals surface area contributed by atoms with Gasteiger partial charge in [-0.2, -0.15) is 0 Å². The van der Waals surface area contributed by atoms with E-state index in [1.807, 2.05) is 31.2 Å². The van der Waals surface area contributed by atoms with E-state index in [1.54, 1.807) is 18.3 Å². The van der Waals surface area contributed by atoms with Crippen molar-refractivity contribution in [2.75, 3.05) is 0 Å². The van der Waals surface area contributed by atoms with Gasteiger partial charge in [0.05, 0.1) is 10.2 Å². The monoisotopic (exact) mass is 346 g/mol. The number of thiazole rings is 1. The topological polar surface area (TPSA) is 45.5 Å². The average Bonchev–Trinajstić information content (AvgIpc) is 2.84. The SMILES string of the molecule is Cc1cccc2sc(/N=C\c3cc(Br)ccc3O)nc12. The fourth-order valence-electron chi connectivity index (χ4n) is 1.88. The van der Waals surface area contributed by atoms with Crippen molar-refractivity contribution in [3.05, 3.63) is 52.0 Å². The number of aromatic nitrogens is 1. The second-order valence-electron chi connectivity index (χ2n) is 4.38. The van der Waals surface area contributed by atoms with Crippen LogP contribution in [0.25, 0.3) is 10.2 Å². The lowest BCUT2D eigenvalue weighted by atomic mass is 10.2. The highest BCUT2D eigenvalue weighted by Crippen LogP contribution is 2.30. The van der Waals surface area contributed by atoms with E-state index in [0.29, 0.717) is 10.7 Å². The van der Waals surface area contributed by atoms with Gasteiger partial charge in [-0.05, 0) is 36.8 Å². The van der Waals surface area contributed by atoms with Crippen molar-refractivity contribution in [3.63, 3.8) is 0 Å². The molecule has 3 rings (SSSR count). The Balaban J connectivity index is 1.98. The molecule has 0 aliphatic heterocycles. The van der Waals surface area contributed by atoms with Crippen molar-refractivity contribution in [1.82, 2.24) is 4.98 Å². The largest absolute Gasteiger partial charge is 0.507 e. The second kappa shape index (κ2) is 5.34. The predicted octanol–water partition coefficient (Wildman–Crippen LogP) is 4.82. The van der Waals surface area contributed by atoms with Gasteiger partial charge in [0.15, 0.2) is 0 Å². The minimum Gasteiger partial charge on any atom is -0.507 e. The van der Waals surface area contributed by atoms with Crippen molar-refractivity contribution in [1.29, 1.82) is 0 Å². The van der Waals surface area contributed by atoms with Gasteiger partial charge in [0.2, 0.25) is 5.13 Å². The van der Waals surface area contributed by atoms with Gasteiger partial charge in [0, 0.05) is 16.3 Å². The van der Waals surface area contributed by atoms with Crippen LogP contribution in [0.4, 0.5) is 5.13 Å². The molecule has 1 N–H and O–H groups in total. The Morgan fingerprint density at radius 1 is 1.30 bits per heavy atom. The minimum absolute atomic E-state index is 0.203. The molecule has 0 atom stereocenters. The lowest BCUT2D eigenvalue weighted by Crippen LogP contribution is -1.82. The summed E-state index contributed by atoms with van der Waals surface area (Å²) < 4.78 is 2.02. The Morgan fingerprint density at radius 3 is 2.95 bits per heavy atom. The Labute approximate surface area is 128 Å². The molecule has 0 bridgehead atoms. The van der Waals surface area contributed by atoms with Gasteiger partial charge in [0.25, 0.3) is 0 Å². The van der Waals surface area contributed by atoms with E-state index in [0.717, 1.165) is 20.3 Å². The van der Waals surface area contributed by atoms with Crippen LogP contribution in [0.1, 0.15) is 11.1 Å². The number of hydrogen-bond acceptors (Lipinski definition) is 4. The summed E-state index contributed by atoms with van der Waals surface area (Å²) in [4.78, 5) is 8.86. The van der Waals surface area contributed by atoms with Gasteiger partial charge in [-0.15, -0.1) is 0 Å². The van der Waals surface area contributed by atoms with Crippen molar-refractivity contribution in [2.45, 2.75) is 6.92 Å². The van der Waals surface area contributed by atoms with Crippen LogP contribution in [-0.2, 0) is 0 Å². The number of para-hydroxylation sites is 1. The number of nitrogens with zero attached hydrogens (tertiary/aromatic N) is 2. The summed E-state index contributed by atoms with van der Waals surface area (Å²) in [6.45, 7) is 2.04. The molecule has 0 fully saturated rings. The number of hydrogen-bond donors (Lipinski definition) is 1. The number of aromatic hydroxyl groups is 1. The fourth-order valence-corrected chi connectivity index (χ4v) is 3.15. The molecular weight excluding hydrogens is 336 g/mol. The van der Waals surface area contributed by atoms with Crippen molar-refractivity contribution in [3.8, 4) is 5.75 Å². The van der Waals surface area contributed by atoms with E-state index in [9.17, 15) is 5.11 Å². The highest BCUT2D eigenvalue weighted by molar-refractivity contribution is 9.10. The first-order valence-electron chi connectivity index (χ1n) is 6.02. The van der Waals surface area contributed by atoms with E-state index in [4.69, 9.17) is 0 Å². The zero-order valence-electron chi connectivity index (χ0n) is 10.7. The number of benzene rings is 2. The number of fused-ring (bicyclic) bond motifs is 1. The number of phenolic OH excluding ortho intramolecular Hbond substituents is 1. The molecule has 2 aromatic carbocycles. The second-order valence-corrected chi connectivity index (χ2v) is 6.30. The maximum Gasteiger partial charge on any atom is 0.210 e. The summed E-state index contributed by atoms with van der Waals surface area (Å²) in [6.07, 6.45) is 1.63. The summed E-state index contributed by atoms with van der Waals surface area (Å²) in [5, 5.41) is 10.5. The average molecular weight is 347 g/mol. The van der Waals surface area contributed by atoms with Crippen LogP contribution in [0.2, 0.25) is 0 Å². The van der Waals surface area contributed by atoms with Crippen LogP contribution in [-0.4, -0.2) is 16.3 Å². The lowest BCUT2D eigenvalue weighted by molar-refractivity contribution is 0.474. The molecule has 0 aliphatic carbocycles. The molecule has 1 aromatic heterocycles. The van der Waals surface area contributed by atoms with Crippen LogP contribution in [0.15, 0.2) is 45.9 Å². The molecule has 3 nitrogen and oxygen atoms in total. The van der Waals surface area contributed by atoms with Crippen molar-refractivity contribution in [2.24, 2.45) is 4.99 Å². The highest BCUT2D eigenvalue weighted by Gasteiger charge is 2.05. The molecule has 0 spiro atoms. The molecular formula is C15H11BrN2OS. The van der Waals surface area contributed by atoms with Crippen LogP contribution >= 0.6 is 27.3 Å². The quantitative estimate of drug-likeness (QED) is 0.676. The number of aryl methyl sites for hydroxylation is 1. The van der Waals surface area contributed by atoms with Gasteiger partial charge in [0.1, 0.15) is 5.75 Å². The van der Waals surface area contributed by atoms with Crippen molar-refractivity contribution >= 4 is 48.8 Å². The maximum atomic E-state index is 9.77. The molecule has 0 radical (unpaired) electrons. The molecule has 0 saturated heterocycles. The zero-order chi connectivity index (χ0) is 14.1.